The molecule has 1 N–H and O–H groups in total. The SMILES string of the molecule is CCCCOc1noc2c1C(=O)[C@@]1(O[Si](C)(C)C(C)(C)C)C(O)=C3C(=O)c4c(c(F)nc(N(CC(C)(C)CN(C)C)C(=O)OCc5ccccc5)c4OCCCC)C[C@H]3C[C@H]1[C@@H]2N(C)C. The van der Waals surface area contributed by atoms with Gasteiger partial charge in [-0.15, -0.1) is 0 Å². The lowest BCUT2D eigenvalue weighted by Gasteiger charge is -2.55. The number of hydrogen-bond donors (Lipinski definition) is 1. The molecule has 0 fully saturated rings. The van der Waals surface area contributed by atoms with Crippen molar-refractivity contribution in [1.82, 2.24) is 19.9 Å². The predicted molar refractivity (Wildman–Crippen MR) is 249 cm³/mol. The molecule has 0 unspecified atom stereocenters. The molecule has 0 saturated carbocycles. The average Bonchev–Trinajstić information content (AvgIpc) is 3.63. The lowest BCUT2D eigenvalue weighted by molar-refractivity contribution is -0.0481. The Morgan fingerprint density at radius 2 is 1.62 bits per heavy atom. The number of pyridine rings is 1. The van der Waals surface area contributed by atoms with Crippen LogP contribution in [0.1, 0.15) is 124 Å². The molecule has 3 aliphatic rings. The van der Waals surface area contributed by atoms with Crippen LogP contribution in [0.2, 0.25) is 18.1 Å². The molecule has 0 aliphatic heterocycles. The van der Waals surface area contributed by atoms with Gasteiger partial charge in [0, 0.05) is 30.1 Å². The molecular weight excluding hydrogens is 850 g/mol. The molecule has 4 atom stereocenters. The number of rotatable bonds is 18. The van der Waals surface area contributed by atoms with Crippen LogP contribution in [-0.2, 0) is 22.2 Å². The fourth-order valence-corrected chi connectivity index (χ4v) is 10.9. The number of nitrogens with zero attached hydrogens (tertiary/aromatic N) is 5. The van der Waals surface area contributed by atoms with Gasteiger partial charge in [-0.05, 0) is 94.1 Å². The molecule has 6 rings (SSSR count). The fraction of sp³-hybridized carbons (Fsp3) is 0.612. The minimum Gasteiger partial charge on any atom is -0.508 e. The maximum atomic E-state index is 17.1. The smallest absolute Gasteiger partial charge is 0.415 e. The van der Waals surface area contributed by atoms with E-state index in [-0.39, 0.29) is 84.7 Å². The molecule has 0 spiro atoms. The fourth-order valence-electron chi connectivity index (χ4n) is 9.43. The highest BCUT2D eigenvalue weighted by Crippen LogP contribution is 2.60. The van der Waals surface area contributed by atoms with Crippen LogP contribution in [0.3, 0.4) is 0 Å². The van der Waals surface area contributed by atoms with Crippen LogP contribution < -0.4 is 14.4 Å². The minimum absolute atomic E-state index is 0.00280. The summed E-state index contributed by atoms with van der Waals surface area (Å²) in [6.45, 7) is 19.0. The highest BCUT2D eigenvalue weighted by atomic mass is 28.4. The number of aliphatic hydroxyl groups excluding tert-OH is 1. The second-order valence-corrected chi connectivity index (χ2v) is 25.5. The maximum absolute atomic E-state index is 17.1. The monoisotopic (exact) mass is 919 g/mol. The molecule has 16 heteroatoms. The van der Waals surface area contributed by atoms with Gasteiger partial charge in [0.2, 0.25) is 11.7 Å². The number of fused-ring (bicyclic) bond motifs is 4. The van der Waals surface area contributed by atoms with Gasteiger partial charge in [-0.1, -0.05) is 91.6 Å². The van der Waals surface area contributed by atoms with Crippen LogP contribution in [0.4, 0.5) is 15.0 Å². The number of aliphatic hydroxyl groups is 1. The van der Waals surface area contributed by atoms with Gasteiger partial charge in [0.15, 0.2) is 37.0 Å². The van der Waals surface area contributed by atoms with Crippen molar-refractivity contribution in [2.45, 2.75) is 123 Å². The zero-order valence-electron chi connectivity index (χ0n) is 40.7. The number of amides is 1. The van der Waals surface area contributed by atoms with E-state index < -0.39 is 71.6 Å². The third-order valence-corrected chi connectivity index (χ3v) is 17.8. The second-order valence-electron chi connectivity index (χ2n) is 20.7. The van der Waals surface area contributed by atoms with Gasteiger partial charge in [-0.2, -0.15) is 9.37 Å². The van der Waals surface area contributed by atoms with E-state index in [1.807, 2.05) is 130 Å². The molecule has 356 valence electrons. The normalized spacial score (nSPS) is 21.0. The summed E-state index contributed by atoms with van der Waals surface area (Å²) in [4.78, 5) is 55.2. The Morgan fingerprint density at radius 1 is 0.969 bits per heavy atom. The van der Waals surface area contributed by atoms with Crippen LogP contribution in [-0.4, -0.2) is 111 Å². The molecule has 1 aromatic carbocycles. The number of unbranched alkanes of at least 4 members (excludes halogenated alkanes) is 2. The first-order chi connectivity index (χ1) is 30.5. The van der Waals surface area contributed by atoms with Gasteiger partial charge in [0.05, 0.1) is 24.8 Å². The van der Waals surface area contributed by atoms with Gasteiger partial charge in [0.1, 0.15) is 17.9 Å². The largest absolute Gasteiger partial charge is 0.508 e. The number of allylic oxidation sites excluding steroid dienone is 1. The molecule has 0 bridgehead atoms. The van der Waals surface area contributed by atoms with Crippen molar-refractivity contribution in [2.24, 2.45) is 17.3 Å². The molecule has 14 nitrogen and oxygen atoms in total. The molecule has 3 aromatic rings. The molecule has 0 saturated heterocycles. The van der Waals surface area contributed by atoms with E-state index in [0.29, 0.717) is 19.4 Å². The van der Waals surface area contributed by atoms with Crippen molar-refractivity contribution in [3.63, 3.8) is 0 Å². The van der Waals surface area contributed by atoms with E-state index in [0.717, 1.165) is 18.4 Å². The number of hydrogen-bond acceptors (Lipinski definition) is 13. The number of anilines is 1. The quantitative estimate of drug-likeness (QED) is 0.0732. The van der Waals surface area contributed by atoms with Crippen LogP contribution in [0.15, 0.2) is 46.2 Å². The van der Waals surface area contributed by atoms with E-state index in [2.05, 4.69) is 10.1 Å². The van der Waals surface area contributed by atoms with E-state index in [4.69, 9.17) is 23.2 Å². The van der Waals surface area contributed by atoms with Gasteiger partial charge in [0.25, 0.3) is 5.88 Å². The van der Waals surface area contributed by atoms with E-state index in [1.165, 1.54) is 4.90 Å². The lowest BCUT2D eigenvalue weighted by Crippen LogP contribution is -2.65. The molecule has 65 heavy (non-hydrogen) atoms. The van der Waals surface area contributed by atoms with Crippen molar-refractivity contribution in [1.29, 1.82) is 0 Å². The summed E-state index contributed by atoms with van der Waals surface area (Å²) in [5.74, 6) is -4.36. The van der Waals surface area contributed by atoms with Gasteiger partial charge >= 0.3 is 6.09 Å². The number of carbonyl (C=O) groups excluding carboxylic acids is 3. The lowest BCUT2D eigenvalue weighted by atomic mass is 9.58. The second kappa shape index (κ2) is 19.3. The summed E-state index contributed by atoms with van der Waals surface area (Å²) >= 11 is 0. The maximum Gasteiger partial charge on any atom is 0.415 e. The van der Waals surface area contributed by atoms with Crippen LogP contribution >= 0.6 is 0 Å². The van der Waals surface area contributed by atoms with Crippen molar-refractivity contribution >= 4 is 31.8 Å². The Labute approximate surface area is 384 Å². The van der Waals surface area contributed by atoms with Gasteiger partial charge in [-0.3, -0.25) is 19.4 Å². The summed E-state index contributed by atoms with van der Waals surface area (Å²) in [7, 11) is 4.54. The Morgan fingerprint density at radius 3 is 2.22 bits per heavy atom. The number of ketones is 2. The first-order valence-corrected chi connectivity index (χ1v) is 25.9. The molecule has 0 radical (unpaired) electrons. The van der Waals surface area contributed by atoms with Crippen molar-refractivity contribution in [2.75, 3.05) is 59.4 Å². The predicted octanol–water partition coefficient (Wildman–Crippen LogP) is 9.74. The number of aromatic nitrogens is 2. The van der Waals surface area contributed by atoms with Gasteiger partial charge < -0.3 is 33.2 Å². The van der Waals surface area contributed by atoms with E-state index in [9.17, 15) is 9.90 Å². The van der Waals surface area contributed by atoms with Crippen molar-refractivity contribution in [3.8, 4) is 11.6 Å². The summed E-state index contributed by atoms with van der Waals surface area (Å²) < 4.78 is 48.8. The van der Waals surface area contributed by atoms with E-state index >= 15 is 14.0 Å². The summed E-state index contributed by atoms with van der Waals surface area (Å²) in [6.07, 6.45) is 2.16. The van der Waals surface area contributed by atoms with Gasteiger partial charge in [-0.25, -0.2) is 4.79 Å². The summed E-state index contributed by atoms with van der Waals surface area (Å²) in [5.41, 5.74) is -2.06. The van der Waals surface area contributed by atoms with Crippen LogP contribution in [0, 0.1) is 23.2 Å². The number of halogens is 1. The Kier molecular flexibility index (Phi) is 14.8. The summed E-state index contributed by atoms with van der Waals surface area (Å²) in [6, 6.07) is 8.54. The molecule has 3 aliphatic carbocycles. The van der Waals surface area contributed by atoms with Crippen LogP contribution in [0.25, 0.3) is 0 Å². The Bertz CT molecular complexity index is 2270. The summed E-state index contributed by atoms with van der Waals surface area (Å²) in [5, 5.41) is 17.0. The first kappa shape index (κ1) is 49.8. The molecular formula is C49H70FN5O9Si. The Hall–Kier alpha value is -4.64. The van der Waals surface area contributed by atoms with Crippen LogP contribution in [0.5, 0.6) is 11.6 Å². The number of ether oxygens (including phenoxy) is 3. The van der Waals surface area contributed by atoms with E-state index in [1.54, 1.807) is 0 Å². The minimum atomic E-state index is -3.00. The zero-order chi connectivity index (χ0) is 47.8. The Balaban J connectivity index is 1.59. The zero-order valence-corrected chi connectivity index (χ0v) is 41.7. The van der Waals surface area contributed by atoms with Crippen molar-refractivity contribution < 1.29 is 47.0 Å². The first-order valence-electron chi connectivity index (χ1n) is 23.0. The van der Waals surface area contributed by atoms with Crippen molar-refractivity contribution in [3.05, 3.63) is 75.6 Å². The third kappa shape index (κ3) is 9.64. The highest BCUT2D eigenvalue weighted by Gasteiger charge is 2.67. The standard InChI is InChI=1S/C49H70FN5O9Si/c1-14-16-23-60-40-35-32(43(50)51-44(40)55(29-48(6,7)28-53(8)9)46(59)62-27-30-21-19-18-20-22-30)25-31-26-33-37(54(10)11)39-36(45(52-63-39)61-24-17-15-2)42(58)49(33,41(57)34(31)38(35)56)64-65(12,13)47(3,4)5/h18-22,31,33,37,57H,14-17,23-29H2,1-13H3/t31-,33-,37-,49-/m0/s1. The molecule has 1 amide bonds. The highest BCUT2D eigenvalue weighted by molar-refractivity contribution is 6.74. The third-order valence-electron chi connectivity index (χ3n) is 13.4. The molecule has 2 aromatic heterocycles. The number of benzene rings is 1. The number of carbonyl (C=O) groups is 3. The molecule has 2 heterocycles. The average molecular weight is 920 g/mol. The number of Topliss-reactive ketones (excluding diaryl/α,β-unsaturated/α-hetero) is 2. The topological polar surface area (TPSA) is 157 Å².